The minimum atomic E-state index is -3.64. The average molecular weight is 442 g/mol. The Morgan fingerprint density at radius 1 is 1.21 bits per heavy atom. The number of hydrogen-bond acceptors (Lipinski definition) is 6. The molecule has 2 saturated heterocycles. The van der Waals surface area contributed by atoms with Crippen molar-refractivity contribution in [1.29, 1.82) is 0 Å². The molecule has 0 aliphatic carbocycles. The first kappa shape index (κ1) is 21.8. The van der Waals surface area contributed by atoms with Crippen molar-refractivity contribution in [2.45, 2.75) is 20.0 Å². The number of nitrogens with zero attached hydrogens (tertiary/aromatic N) is 3. The Balaban J connectivity index is 1.56. The predicted molar refractivity (Wildman–Crippen MR) is 116 cm³/mol. The van der Waals surface area contributed by atoms with Crippen LogP contribution in [0.3, 0.4) is 0 Å². The predicted octanol–water partition coefficient (Wildman–Crippen LogP) is 0.910. The fourth-order valence-corrected chi connectivity index (χ4v) is 4.06. The highest BCUT2D eigenvalue weighted by Gasteiger charge is 2.32. The molecule has 2 heterocycles. The molecule has 0 saturated carbocycles. The zero-order chi connectivity index (χ0) is 21.2. The molecule has 2 fully saturated rings. The fourth-order valence-electron chi connectivity index (χ4n) is 3.30. The molecular weight excluding hydrogens is 414 g/mol. The van der Waals surface area contributed by atoms with Crippen LogP contribution in [0.4, 0.5) is 16.2 Å². The Morgan fingerprint density at radius 2 is 1.79 bits per heavy atom. The molecule has 0 bridgehead atoms. The van der Waals surface area contributed by atoms with Crippen LogP contribution in [0.1, 0.15) is 13.8 Å². The number of nitrogens with one attached hydrogen (secondary N) is 1. The maximum absolute atomic E-state index is 12.2. The summed E-state index contributed by atoms with van der Waals surface area (Å²) in [6.07, 6.45) is -0.632. The Morgan fingerprint density at radius 3 is 2.34 bits per heavy atom. The molecule has 0 unspecified atom stereocenters. The summed E-state index contributed by atoms with van der Waals surface area (Å²) in [5.74, 6) is 0.248. The van der Waals surface area contributed by atoms with E-state index in [-0.39, 0.29) is 18.1 Å². The fraction of sp³-hybridized carbons (Fsp3) is 0.556. The second kappa shape index (κ2) is 8.82. The van der Waals surface area contributed by atoms with Crippen molar-refractivity contribution in [2.24, 2.45) is 11.1 Å². The summed E-state index contributed by atoms with van der Waals surface area (Å²) in [5, 5.41) is 8.33. The number of cyclic esters (lactones) is 1. The largest absolute Gasteiger partial charge is 0.442 e. The van der Waals surface area contributed by atoms with Crippen molar-refractivity contribution in [1.82, 2.24) is 9.62 Å². The van der Waals surface area contributed by atoms with Crippen LogP contribution < -0.4 is 20.3 Å². The molecule has 2 aliphatic rings. The van der Waals surface area contributed by atoms with Gasteiger partial charge in [-0.15, -0.1) is 0 Å². The molecule has 3 N–H and O–H groups in total. The van der Waals surface area contributed by atoms with E-state index in [1.807, 2.05) is 38.1 Å². The number of carbonyl (C=O) groups is 1. The lowest BCUT2D eigenvalue weighted by molar-refractivity contribution is 0.143. The number of hydrogen-bond donors (Lipinski definition) is 2. The number of piperazine rings is 1. The van der Waals surface area contributed by atoms with Gasteiger partial charge in [0.25, 0.3) is 10.2 Å². The number of carbonyl (C=O) groups excluding carboxylic acids is 1. The average Bonchev–Trinajstić information content (AvgIpc) is 3.06. The lowest BCUT2D eigenvalue weighted by Crippen LogP contribution is -2.50. The Hall–Kier alpha value is -1.95. The minimum Gasteiger partial charge on any atom is -0.442 e. The summed E-state index contributed by atoms with van der Waals surface area (Å²) in [7, 11) is -3.64. The maximum atomic E-state index is 12.2. The number of anilines is 2. The number of amides is 1. The number of thiocarbonyl (C=S) groups is 1. The molecule has 1 aromatic rings. The van der Waals surface area contributed by atoms with Crippen molar-refractivity contribution in [3.63, 3.8) is 0 Å². The van der Waals surface area contributed by atoms with E-state index in [1.54, 1.807) is 4.90 Å². The van der Waals surface area contributed by atoms with Gasteiger partial charge >= 0.3 is 6.09 Å². The first-order valence-electron chi connectivity index (χ1n) is 9.54. The van der Waals surface area contributed by atoms with Gasteiger partial charge in [-0.2, -0.15) is 12.7 Å². The van der Waals surface area contributed by atoms with Gasteiger partial charge in [0, 0.05) is 43.5 Å². The highest BCUT2D eigenvalue weighted by Crippen LogP contribution is 2.25. The van der Waals surface area contributed by atoms with E-state index in [1.165, 1.54) is 4.31 Å². The zero-order valence-electron chi connectivity index (χ0n) is 16.6. The third-order valence-corrected chi connectivity index (χ3v) is 6.73. The molecular formula is C18H27N5O4S2. The highest BCUT2D eigenvalue weighted by molar-refractivity contribution is 7.86. The molecule has 9 nitrogen and oxygen atoms in total. The molecule has 160 valence electrons. The van der Waals surface area contributed by atoms with Crippen LogP contribution in [0, 0.1) is 5.92 Å². The van der Waals surface area contributed by atoms with Gasteiger partial charge in [-0.1, -0.05) is 26.1 Å². The molecule has 1 aromatic carbocycles. The molecule has 1 atom stereocenters. The van der Waals surface area contributed by atoms with Gasteiger partial charge in [0.1, 0.15) is 6.10 Å². The van der Waals surface area contributed by atoms with E-state index in [0.717, 1.165) is 16.4 Å². The van der Waals surface area contributed by atoms with Crippen LogP contribution >= 0.6 is 12.2 Å². The van der Waals surface area contributed by atoms with E-state index in [9.17, 15) is 13.2 Å². The SMILES string of the molecule is CC(C)C(=S)NC[C@H]1CN(c2ccc(N3CCN(S(N)(=O)=O)CC3)cc2)C(=O)O1. The standard InChI is InChI=1S/C18H27N5O4S2/c1-13(2)17(28)20-11-16-12-23(18(24)27-16)15-5-3-14(4-6-15)21-7-9-22(10-8-21)29(19,25)26/h3-6,13,16H,7-12H2,1-2H3,(H,20,28)(H2,19,25,26)/t16-/m0/s1. The zero-order valence-corrected chi connectivity index (χ0v) is 18.2. The Bertz CT molecular complexity index is 852. The van der Waals surface area contributed by atoms with Crippen molar-refractivity contribution < 1.29 is 17.9 Å². The van der Waals surface area contributed by atoms with Crippen molar-refractivity contribution >= 4 is 44.9 Å². The van der Waals surface area contributed by atoms with E-state index in [4.69, 9.17) is 22.1 Å². The minimum absolute atomic E-state index is 0.248. The number of ether oxygens (including phenoxy) is 1. The molecule has 3 rings (SSSR count). The Kier molecular flexibility index (Phi) is 6.62. The summed E-state index contributed by atoms with van der Waals surface area (Å²) in [5.41, 5.74) is 1.73. The van der Waals surface area contributed by atoms with Gasteiger partial charge in [0.2, 0.25) is 0 Å². The van der Waals surface area contributed by atoms with Gasteiger partial charge in [0.05, 0.1) is 18.1 Å². The first-order valence-corrected chi connectivity index (χ1v) is 11.4. The lowest BCUT2D eigenvalue weighted by Gasteiger charge is -2.34. The second-order valence-corrected chi connectivity index (χ2v) is 9.45. The lowest BCUT2D eigenvalue weighted by atomic mass is 10.2. The molecule has 1 amide bonds. The van der Waals surface area contributed by atoms with Crippen LogP contribution in [0.15, 0.2) is 24.3 Å². The second-order valence-electron chi connectivity index (χ2n) is 7.46. The van der Waals surface area contributed by atoms with Gasteiger partial charge in [-0.05, 0) is 24.3 Å². The van der Waals surface area contributed by atoms with Crippen LogP contribution in [0.2, 0.25) is 0 Å². The van der Waals surface area contributed by atoms with Gasteiger partial charge in [0.15, 0.2) is 0 Å². The summed E-state index contributed by atoms with van der Waals surface area (Å²) < 4.78 is 29.5. The molecule has 0 radical (unpaired) electrons. The Labute approximate surface area is 176 Å². The monoisotopic (exact) mass is 441 g/mol. The molecule has 11 heteroatoms. The highest BCUT2D eigenvalue weighted by atomic mass is 32.2. The molecule has 0 spiro atoms. The molecule has 2 aliphatic heterocycles. The van der Waals surface area contributed by atoms with E-state index in [2.05, 4.69) is 10.2 Å². The van der Waals surface area contributed by atoms with E-state index in [0.29, 0.717) is 39.3 Å². The number of rotatable bonds is 6. The van der Waals surface area contributed by atoms with Crippen molar-refractivity contribution in [3.05, 3.63) is 24.3 Å². The van der Waals surface area contributed by atoms with Crippen LogP contribution in [-0.2, 0) is 14.9 Å². The van der Waals surface area contributed by atoms with Crippen LogP contribution in [0.5, 0.6) is 0 Å². The van der Waals surface area contributed by atoms with Crippen molar-refractivity contribution in [3.8, 4) is 0 Å². The summed E-state index contributed by atoms with van der Waals surface area (Å²) in [6.45, 7) is 6.80. The summed E-state index contributed by atoms with van der Waals surface area (Å²) >= 11 is 5.26. The number of benzene rings is 1. The van der Waals surface area contributed by atoms with E-state index >= 15 is 0 Å². The van der Waals surface area contributed by atoms with Crippen LogP contribution in [0.25, 0.3) is 0 Å². The van der Waals surface area contributed by atoms with Gasteiger partial charge < -0.3 is 15.0 Å². The smallest absolute Gasteiger partial charge is 0.414 e. The summed E-state index contributed by atoms with van der Waals surface area (Å²) in [4.78, 5) is 16.7. The maximum Gasteiger partial charge on any atom is 0.414 e. The van der Waals surface area contributed by atoms with Gasteiger partial charge in [-0.25, -0.2) is 9.93 Å². The van der Waals surface area contributed by atoms with Crippen molar-refractivity contribution in [2.75, 3.05) is 49.1 Å². The first-order chi connectivity index (χ1) is 13.6. The topological polar surface area (TPSA) is 108 Å². The third-order valence-electron chi connectivity index (χ3n) is 5.03. The summed E-state index contributed by atoms with van der Waals surface area (Å²) in [6, 6.07) is 7.60. The van der Waals surface area contributed by atoms with E-state index < -0.39 is 10.2 Å². The third kappa shape index (κ3) is 5.35. The molecule has 0 aromatic heterocycles. The molecule has 29 heavy (non-hydrogen) atoms. The quantitative estimate of drug-likeness (QED) is 0.632. The van der Waals surface area contributed by atoms with Crippen LogP contribution in [-0.4, -0.2) is 69.2 Å². The number of nitrogens with two attached hydrogens (primary N) is 1. The van der Waals surface area contributed by atoms with Gasteiger partial charge in [-0.3, -0.25) is 4.90 Å². The normalized spacial score (nSPS) is 20.8.